The summed E-state index contributed by atoms with van der Waals surface area (Å²) in [6.45, 7) is 13.0. The second-order valence-corrected chi connectivity index (χ2v) is 33.9. The fourth-order valence-corrected chi connectivity index (χ4v) is 22.9. The lowest BCUT2D eigenvalue weighted by Crippen LogP contribution is -2.30. The van der Waals surface area contributed by atoms with E-state index in [2.05, 4.69) is 173 Å². The highest BCUT2D eigenvalue weighted by Crippen LogP contribution is 2.68. The molecular weight excluding hydrogens is 1370 g/mol. The maximum atomic E-state index is 14.8. The van der Waals surface area contributed by atoms with Gasteiger partial charge in [0.05, 0.1) is 20.2 Å². The van der Waals surface area contributed by atoms with Crippen LogP contribution >= 0.6 is 45.3 Å². The summed E-state index contributed by atoms with van der Waals surface area (Å²) >= 11 is 7.03. The van der Waals surface area contributed by atoms with Gasteiger partial charge in [0, 0.05) is 73.5 Å². The molecule has 11 aromatic rings. The summed E-state index contributed by atoms with van der Waals surface area (Å²) in [5.41, 5.74) is 21.1. The Balaban J connectivity index is 1.01. The molecule has 6 nitrogen and oxygen atoms in total. The minimum Gasteiger partial charge on any atom is -0.289 e. The van der Waals surface area contributed by atoms with Crippen LogP contribution in [0.2, 0.25) is 0 Å². The van der Waals surface area contributed by atoms with E-state index in [4.69, 9.17) is 0 Å². The summed E-state index contributed by atoms with van der Waals surface area (Å²) < 4.78 is 4.49. The van der Waals surface area contributed by atoms with Gasteiger partial charge in [-0.1, -0.05) is 237 Å². The van der Waals surface area contributed by atoms with Gasteiger partial charge in [-0.15, -0.1) is 45.3 Å². The van der Waals surface area contributed by atoms with Crippen molar-refractivity contribution in [2.45, 2.75) is 181 Å². The minimum atomic E-state index is -0.843. The normalized spacial score (nSPS) is 14.8. The second-order valence-electron chi connectivity index (χ2n) is 29.6. The van der Waals surface area contributed by atoms with E-state index in [-0.39, 0.29) is 22.7 Å². The molecule has 4 aliphatic carbocycles. The van der Waals surface area contributed by atoms with E-state index in [0.717, 1.165) is 91.0 Å². The molecule has 0 saturated heterocycles. The number of hydrogen-bond acceptors (Lipinski definition) is 10. The van der Waals surface area contributed by atoms with Crippen LogP contribution in [0, 0.1) is 59.2 Å². The molecule has 0 atom stereocenters. The lowest BCUT2D eigenvalue weighted by atomic mass is 9.65. The predicted octanol–water partition coefficient (Wildman–Crippen LogP) is 26.2. The van der Waals surface area contributed by atoms with Crippen molar-refractivity contribution in [2.75, 3.05) is 0 Å². The van der Waals surface area contributed by atoms with Crippen molar-refractivity contribution < 1.29 is 9.59 Å². The molecule has 0 spiro atoms. The van der Waals surface area contributed by atoms with Gasteiger partial charge in [-0.3, -0.25) is 9.59 Å². The van der Waals surface area contributed by atoms with Crippen LogP contribution in [0.5, 0.6) is 0 Å². The minimum absolute atomic E-state index is 0.0778. The molecule has 0 radical (unpaired) electrons. The van der Waals surface area contributed by atoms with E-state index in [1.807, 2.05) is 85.1 Å². The molecule has 4 heterocycles. The Labute approximate surface area is 640 Å². The molecule has 0 amide bonds. The number of Topliss-reactive ketones (excluding diaryl/α,β-unsaturated/α-hetero) is 2. The Hall–Kier alpha value is -9.88. The van der Waals surface area contributed by atoms with E-state index in [1.54, 1.807) is 22.7 Å². The Morgan fingerprint density at radius 1 is 0.358 bits per heavy atom. The van der Waals surface area contributed by atoms with Gasteiger partial charge >= 0.3 is 0 Å². The molecular formula is C96H86N4O2S4. The zero-order valence-corrected chi connectivity index (χ0v) is 64.8. The van der Waals surface area contributed by atoms with Crippen molar-refractivity contribution in [3.63, 3.8) is 0 Å². The molecule has 0 aliphatic heterocycles. The molecule has 526 valence electrons. The van der Waals surface area contributed by atoms with Crippen LogP contribution in [0.1, 0.15) is 250 Å². The highest BCUT2D eigenvalue weighted by molar-refractivity contribution is 7.31. The van der Waals surface area contributed by atoms with Crippen LogP contribution in [0.4, 0.5) is 0 Å². The van der Waals surface area contributed by atoms with Gasteiger partial charge in [0.1, 0.15) is 35.4 Å². The fraction of sp³-hybridized carbons (Fsp3) is 0.292. The number of carbonyl (C=O) groups excluding carboxylic acids is 2. The van der Waals surface area contributed by atoms with Crippen LogP contribution in [0.15, 0.2) is 180 Å². The molecule has 15 rings (SSSR count). The first-order valence-corrected chi connectivity index (χ1v) is 41.7. The van der Waals surface area contributed by atoms with E-state index >= 15 is 0 Å². The monoisotopic (exact) mass is 1450 g/mol. The summed E-state index contributed by atoms with van der Waals surface area (Å²) in [6, 6.07) is 68.1. The van der Waals surface area contributed by atoms with Gasteiger partial charge in [-0.25, -0.2) is 0 Å². The molecule has 4 aromatic heterocycles. The predicted molar refractivity (Wildman–Crippen MR) is 442 cm³/mol. The van der Waals surface area contributed by atoms with Crippen LogP contribution in [0.3, 0.4) is 0 Å². The second kappa shape index (κ2) is 30.5. The maximum absolute atomic E-state index is 14.8. The Bertz CT molecular complexity index is 5140. The largest absolute Gasteiger partial charge is 0.289 e. The molecule has 10 heteroatoms. The van der Waals surface area contributed by atoms with Gasteiger partial charge in [0.15, 0.2) is 11.6 Å². The van der Waals surface area contributed by atoms with Gasteiger partial charge in [0.2, 0.25) is 0 Å². The maximum Gasteiger partial charge on any atom is 0.194 e. The average molecular weight is 1460 g/mol. The van der Waals surface area contributed by atoms with E-state index in [0.29, 0.717) is 44.5 Å². The quantitative estimate of drug-likeness (QED) is 0.0302. The van der Waals surface area contributed by atoms with Gasteiger partial charge < -0.3 is 0 Å². The standard InChI is InChI=1S/C96H86N4O2S4/c1-7-11-15-19-23-61-29-37-67(38-30-61)95(68-39-31-62(32-40-68)24-20-16-12-8-2)81-53-78-82(54-77(81)91-87(95)93-83(105-91)51-71(103-93)49-79-85(65(55-97)56-98)73-45-27-59(5)47-75(73)89(79)101)96(69-41-33-63(34-42-69)25-21-17-13-9-3,70-43-35-64(36-44-70)26-22-18-14-10-4)88-92(78)106-84-52-72(104-94(84)88)50-80-86(66(57-99)58-100)74-46-28-60(6)48-76(74)90(80)102/h27-54H,7-26H2,1-6H3/b79-49-,80-50+. The number of nitrogens with zero attached hydrogens (tertiary/aromatic N) is 4. The lowest BCUT2D eigenvalue weighted by molar-refractivity contribution is 0.103. The Kier molecular flexibility index (Phi) is 20.7. The molecule has 0 N–H and O–H groups in total. The van der Waals surface area contributed by atoms with Crippen molar-refractivity contribution in [3.05, 3.63) is 290 Å². The number of rotatable bonds is 26. The Morgan fingerprint density at radius 3 is 0.962 bits per heavy atom. The summed E-state index contributed by atoms with van der Waals surface area (Å²) in [4.78, 5) is 33.8. The number of thiophene rings is 4. The van der Waals surface area contributed by atoms with Gasteiger partial charge in [-0.05, 0) is 192 Å². The molecule has 0 fully saturated rings. The first-order chi connectivity index (χ1) is 51.8. The van der Waals surface area contributed by atoms with E-state index in [1.165, 1.54) is 165 Å². The number of unbranched alkanes of at least 4 members (excludes halogenated alkanes) is 12. The first-order valence-electron chi connectivity index (χ1n) is 38.4. The first kappa shape index (κ1) is 71.7. The third kappa shape index (κ3) is 12.4. The molecule has 0 unspecified atom stereocenters. The van der Waals surface area contributed by atoms with Crippen LogP contribution in [-0.4, -0.2) is 11.6 Å². The number of benzene rings is 7. The topological polar surface area (TPSA) is 129 Å². The molecule has 106 heavy (non-hydrogen) atoms. The smallest absolute Gasteiger partial charge is 0.194 e. The summed E-state index contributed by atoms with van der Waals surface area (Å²) in [6.07, 6.45) is 26.7. The third-order valence-corrected chi connectivity index (χ3v) is 27.5. The van der Waals surface area contributed by atoms with Crippen molar-refractivity contribution in [1.29, 1.82) is 21.0 Å². The molecule has 7 aromatic carbocycles. The van der Waals surface area contributed by atoms with Crippen molar-refractivity contribution in [3.8, 4) is 45.2 Å². The fourth-order valence-electron chi connectivity index (χ4n) is 17.4. The van der Waals surface area contributed by atoms with Crippen molar-refractivity contribution >= 4 is 99.0 Å². The highest BCUT2D eigenvalue weighted by Gasteiger charge is 2.55. The van der Waals surface area contributed by atoms with Gasteiger partial charge in [0.25, 0.3) is 0 Å². The number of hydrogen-bond donors (Lipinski definition) is 0. The summed E-state index contributed by atoms with van der Waals surface area (Å²) in [5.74, 6) is -0.373. The van der Waals surface area contributed by atoms with Crippen molar-refractivity contribution in [2.24, 2.45) is 0 Å². The van der Waals surface area contributed by atoms with Gasteiger partial charge in [-0.2, -0.15) is 21.0 Å². The van der Waals surface area contributed by atoms with E-state index < -0.39 is 10.8 Å². The number of allylic oxidation sites excluding steroid dienone is 6. The number of fused-ring (bicyclic) bond motifs is 12. The summed E-state index contributed by atoms with van der Waals surface area (Å²) in [5, 5.41) is 42.0. The average Bonchev–Trinajstić information content (AvgIpc) is 1.49. The molecule has 0 bridgehead atoms. The zero-order valence-electron chi connectivity index (χ0n) is 61.5. The number of aryl methyl sites for hydroxylation is 6. The number of ketones is 2. The number of nitriles is 4. The van der Waals surface area contributed by atoms with Crippen LogP contribution in [-0.2, 0) is 36.5 Å². The van der Waals surface area contributed by atoms with Crippen LogP contribution < -0.4 is 0 Å². The zero-order chi connectivity index (χ0) is 73.4. The molecule has 4 aliphatic rings. The van der Waals surface area contributed by atoms with Crippen LogP contribution in [0.25, 0.3) is 63.0 Å². The molecule has 0 saturated carbocycles. The summed E-state index contributed by atoms with van der Waals surface area (Å²) in [7, 11) is 0. The number of carbonyl (C=O) groups is 2. The SMILES string of the molecule is CCCCCCc1ccc(C2(c3ccc(CCCCCC)cc3)c3cc4c(cc3-c3sc5cc(/C=C6\C(=O)c7cc(C)ccc7C6=C(C#N)C#N)sc5c32)C(c2ccc(CCCCCC)cc2)(c2ccc(CCCCCC)cc2)c2c-4sc3cc(/C=C4/C(=O)c5cc(C)ccc5C4=C(C#N)C#N)sc23)cc1. The highest BCUT2D eigenvalue weighted by atomic mass is 32.1. The van der Waals surface area contributed by atoms with E-state index in [9.17, 15) is 30.6 Å². The lowest BCUT2D eigenvalue weighted by Gasteiger charge is -2.36. The third-order valence-electron chi connectivity index (χ3n) is 22.7. The Morgan fingerprint density at radius 2 is 0.670 bits per heavy atom. The van der Waals surface area contributed by atoms with Crippen molar-refractivity contribution in [1.82, 2.24) is 0 Å².